The second kappa shape index (κ2) is 12.4. The summed E-state index contributed by atoms with van der Waals surface area (Å²) in [6.07, 6.45) is 1.27. The van der Waals surface area contributed by atoms with Crippen molar-refractivity contribution in [1.29, 1.82) is 0 Å². The maximum atomic E-state index is 13.6. The van der Waals surface area contributed by atoms with Crippen molar-refractivity contribution >= 4 is 27.6 Å². The second-order valence-corrected chi connectivity index (χ2v) is 11.9. The molecule has 41 heavy (non-hydrogen) atoms. The van der Waals surface area contributed by atoms with Gasteiger partial charge >= 0.3 is 5.97 Å². The van der Waals surface area contributed by atoms with Crippen LogP contribution in [0.1, 0.15) is 34.0 Å². The van der Waals surface area contributed by atoms with Crippen LogP contribution in [0.25, 0.3) is 0 Å². The molecule has 0 radical (unpaired) electrons. The van der Waals surface area contributed by atoms with Gasteiger partial charge in [0.1, 0.15) is 0 Å². The van der Waals surface area contributed by atoms with E-state index in [4.69, 9.17) is 4.74 Å². The SMILES string of the molecule is CC1Cc2ccccc2N1S(=O)(=O)c1cccc(C(=O)OCC(=O)N(CCc2ccccc2)Cc2ccccc2)c1. The number of hydrogen-bond donors (Lipinski definition) is 0. The Hall–Kier alpha value is -4.43. The van der Waals surface area contributed by atoms with E-state index in [1.165, 1.54) is 28.6 Å². The molecule has 8 heteroatoms. The Morgan fingerprint density at radius 2 is 1.51 bits per heavy atom. The zero-order valence-electron chi connectivity index (χ0n) is 22.8. The minimum absolute atomic E-state index is 0.00426. The lowest BCUT2D eigenvalue weighted by Crippen LogP contribution is -2.36. The lowest BCUT2D eigenvalue weighted by molar-refractivity contribution is -0.135. The Kier molecular flexibility index (Phi) is 8.50. The zero-order valence-corrected chi connectivity index (χ0v) is 23.7. The molecule has 1 aliphatic heterocycles. The van der Waals surface area contributed by atoms with Gasteiger partial charge in [0.15, 0.2) is 6.61 Å². The number of benzene rings is 4. The van der Waals surface area contributed by atoms with Crippen LogP contribution in [0.2, 0.25) is 0 Å². The fraction of sp³-hybridized carbons (Fsp3) is 0.212. The third-order valence-corrected chi connectivity index (χ3v) is 9.10. The van der Waals surface area contributed by atoms with Crippen LogP contribution in [-0.2, 0) is 38.9 Å². The van der Waals surface area contributed by atoms with Crippen molar-refractivity contribution in [2.45, 2.75) is 37.2 Å². The Labute approximate surface area is 241 Å². The van der Waals surface area contributed by atoms with Crippen LogP contribution in [-0.4, -0.2) is 44.4 Å². The highest BCUT2D eigenvalue weighted by Gasteiger charge is 2.36. The number of anilines is 1. The zero-order chi connectivity index (χ0) is 28.8. The van der Waals surface area contributed by atoms with Crippen molar-refractivity contribution in [3.63, 3.8) is 0 Å². The molecule has 7 nitrogen and oxygen atoms in total. The maximum Gasteiger partial charge on any atom is 0.338 e. The average molecular weight is 569 g/mol. The van der Waals surface area contributed by atoms with Crippen molar-refractivity contribution in [2.75, 3.05) is 17.5 Å². The summed E-state index contributed by atoms with van der Waals surface area (Å²) in [4.78, 5) is 27.8. The fourth-order valence-electron chi connectivity index (χ4n) is 5.11. The van der Waals surface area contributed by atoms with E-state index in [0.29, 0.717) is 31.6 Å². The van der Waals surface area contributed by atoms with Gasteiger partial charge in [-0.25, -0.2) is 13.2 Å². The maximum absolute atomic E-state index is 13.6. The van der Waals surface area contributed by atoms with E-state index in [2.05, 4.69) is 0 Å². The number of ether oxygens (including phenoxy) is 1. The highest BCUT2D eigenvalue weighted by Crippen LogP contribution is 2.36. The molecule has 1 amide bonds. The van der Waals surface area contributed by atoms with Gasteiger partial charge in [0.2, 0.25) is 0 Å². The van der Waals surface area contributed by atoms with Crippen LogP contribution in [0.5, 0.6) is 0 Å². The Morgan fingerprint density at radius 3 is 2.24 bits per heavy atom. The highest BCUT2D eigenvalue weighted by atomic mass is 32.2. The van der Waals surface area contributed by atoms with Crippen LogP contribution in [0, 0.1) is 0 Å². The molecule has 1 unspecified atom stereocenters. The number of para-hydroxylation sites is 1. The molecule has 0 aliphatic carbocycles. The molecule has 0 fully saturated rings. The smallest absolute Gasteiger partial charge is 0.338 e. The summed E-state index contributed by atoms with van der Waals surface area (Å²) in [5.41, 5.74) is 3.75. The number of nitrogens with zero attached hydrogens (tertiary/aromatic N) is 2. The van der Waals surface area contributed by atoms with E-state index in [9.17, 15) is 18.0 Å². The van der Waals surface area contributed by atoms with Crippen molar-refractivity contribution in [3.05, 3.63) is 131 Å². The van der Waals surface area contributed by atoms with Gasteiger partial charge in [-0.2, -0.15) is 0 Å². The van der Waals surface area contributed by atoms with Gasteiger partial charge in [0.05, 0.1) is 16.1 Å². The molecule has 5 rings (SSSR count). The first-order chi connectivity index (χ1) is 19.8. The normalized spacial score (nSPS) is 14.4. The van der Waals surface area contributed by atoms with E-state index in [1.807, 2.05) is 85.8 Å². The molecule has 0 N–H and O–H groups in total. The quantitative estimate of drug-likeness (QED) is 0.244. The molecular formula is C33H32N2O5S. The number of carbonyl (C=O) groups is 2. The fourth-order valence-corrected chi connectivity index (χ4v) is 6.85. The molecule has 4 aromatic rings. The third kappa shape index (κ3) is 6.49. The van der Waals surface area contributed by atoms with Gasteiger partial charge in [-0.05, 0) is 60.7 Å². The van der Waals surface area contributed by atoms with Gasteiger partial charge in [0, 0.05) is 19.1 Å². The molecule has 4 aromatic carbocycles. The van der Waals surface area contributed by atoms with Crippen LogP contribution in [0.3, 0.4) is 0 Å². The van der Waals surface area contributed by atoms with Crippen molar-refractivity contribution in [1.82, 2.24) is 4.90 Å². The Morgan fingerprint density at radius 1 is 0.854 bits per heavy atom. The summed E-state index contributed by atoms with van der Waals surface area (Å²) in [6.45, 7) is 2.25. The first-order valence-electron chi connectivity index (χ1n) is 13.6. The summed E-state index contributed by atoms with van der Waals surface area (Å²) in [5, 5.41) is 0. The lowest BCUT2D eigenvalue weighted by Gasteiger charge is -2.24. The molecule has 0 saturated carbocycles. The summed E-state index contributed by atoms with van der Waals surface area (Å²) < 4.78 is 34.0. The molecule has 0 saturated heterocycles. The van der Waals surface area contributed by atoms with Crippen molar-refractivity contribution in [2.24, 2.45) is 0 Å². The Balaban J connectivity index is 1.28. The van der Waals surface area contributed by atoms with Gasteiger partial charge in [-0.3, -0.25) is 9.10 Å². The predicted octanol–water partition coefficient (Wildman–Crippen LogP) is 5.25. The van der Waals surface area contributed by atoms with E-state index >= 15 is 0 Å². The summed E-state index contributed by atoms with van der Waals surface area (Å²) in [5.74, 6) is -1.09. The number of sulfonamides is 1. The minimum atomic E-state index is -3.92. The molecular weight excluding hydrogens is 536 g/mol. The van der Waals surface area contributed by atoms with E-state index < -0.39 is 22.6 Å². The highest BCUT2D eigenvalue weighted by molar-refractivity contribution is 7.92. The van der Waals surface area contributed by atoms with E-state index in [0.717, 1.165) is 16.7 Å². The number of carbonyl (C=O) groups excluding carboxylic acids is 2. The molecule has 0 bridgehead atoms. The monoisotopic (exact) mass is 568 g/mol. The van der Waals surface area contributed by atoms with Crippen LogP contribution >= 0.6 is 0 Å². The average Bonchev–Trinajstić information content (AvgIpc) is 3.35. The number of rotatable bonds is 10. The number of amides is 1. The standard InChI is InChI=1S/C33H32N2O5S/c1-25-21-28-15-8-9-18-31(28)35(25)41(38,39)30-17-10-16-29(22-30)33(37)40-24-32(36)34(23-27-13-6-3-7-14-27)20-19-26-11-4-2-5-12-26/h2-18,22,25H,19-21,23-24H2,1H3. The van der Waals surface area contributed by atoms with Crippen molar-refractivity contribution in [3.8, 4) is 0 Å². The first-order valence-corrected chi connectivity index (χ1v) is 15.0. The molecule has 210 valence electrons. The third-order valence-electron chi connectivity index (χ3n) is 7.18. The molecule has 1 aliphatic rings. The largest absolute Gasteiger partial charge is 0.452 e. The van der Waals surface area contributed by atoms with Crippen LogP contribution < -0.4 is 4.31 Å². The van der Waals surface area contributed by atoms with Gasteiger partial charge in [-0.15, -0.1) is 0 Å². The van der Waals surface area contributed by atoms with Crippen LogP contribution in [0.15, 0.2) is 114 Å². The topological polar surface area (TPSA) is 84.0 Å². The number of esters is 1. The van der Waals surface area contributed by atoms with Gasteiger partial charge in [0.25, 0.3) is 15.9 Å². The van der Waals surface area contributed by atoms with E-state index in [1.54, 1.807) is 11.0 Å². The number of hydrogen-bond acceptors (Lipinski definition) is 5. The van der Waals surface area contributed by atoms with Gasteiger partial charge < -0.3 is 9.64 Å². The second-order valence-electron chi connectivity index (χ2n) is 10.1. The summed E-state index contributed by atoms with van der Waals surface area (Å²) >= 11 is 0. The van der Waals surface area contributed by atoms with Crippen molar-refractivity contribution < 1.29 is 22.7 Å². The Bertz CT molecular complexity index is 1620. The summed E-state index contributed by atoms with van der Waals surface area (Å²) in [7, 11) is -3.92. The molecule has 0 spiro atoms. The minimum Gasteiger partial charge on any atom is -0.452 e. The molecule has 1 heterocycles. The van der Waals surface area contributed by atoms with E-state index in [-0.39, 0.29) is 22.4 Å². The predicted molar refractivity (Wildman–Crippen MR) is 158 cm³/mol. The molecule has 0 aromatic heterocycles. The summed E-state index contributed by atoms with van der Waals surface area (Å²) in [6, 6.07) is 32.5. The first kappa shape index (κ1) is 28.1. The molecule has 1 atom stereocenters. The number of fused-ring (bicyclic) bond motifs is 1. The van der Waals surface area contributed by atoms with Gasteiger partial charge in [-0.1, -0.05) is 84.9 Å². The lowest BCUT2D eigenvalue weighted by atomic mass is 10.1. The van der Waals surface area contributed by atoms with Crippen LogP contribution in [0.4, 0.5) is 5.69 Å².